The zero-order chi connectivity index (χ0) is 17.3. The Morgan fingerprint density at radius 2 is 2.17 bits per heavy atom. The van der Waals surface area contributed by atoms with E-state index in [1.165, 1.54) is 12.8 Å². The Morgan fingerprint density at radius 1 is 1.38 bits per heavy atom. The first-order chi connectivity index (χ1) is 11.5. The molecule has 4 atom stereocenters. The Labute approximate surface area is 144 Å². The number of benzene rings is 1. The molecule has 2 aromatic rings. The Bertz CT molecular complexity index is 702. The van der Waals surface area contributed by atoms with Crippen LogP contribution >= 0.6 is 0 Å². The number of aromatic hydroxyl groups is 1. The van der Waals surface area contributed by atoms with Crippen LogP contribution in [0.4, 0.5) is 0 Å². The van der Waals surface area contributed by atoms with E-state index in [0.717, 1.165) is 41.4 Å². The molecule has 3 unspecified atom stereocenters. The van der Waals surface area contributed by atoms with Crippen molar-refractivity contribution in [2.45, 2.75) is 45.7 Å². The maximum atomic E-state index is 9.84. The minimum absolute atomic E-state index is 0.0942. The summed E-state index contributed by atoms with van der Waals surface area (Å²) in [5, 5.41) is 10.8. The largest absolute Gasteiger partial charge is 0.508 e. The van der Waals surface area contributed by atoms with Gasteiger partial charge in [-0.1, -0.05) is 20.3 Å². The molecule has 2 heterocycles. The van der Waals surface area contributed by atoms with Crippen molar-refractivity contribution in [1.29, 1.82) is 0 Å². The summed E-state index contributed by atoms with van der Waals surface area (Å²) < 4.78 is 0. The molecule has 0 amide bonds. The maximum absolute atomic E-state index is 9.84. The molecule has 1 saturated heterocycles. The van der Waals surface area contributed by atoms with Crippen LogP contribution in [-0.4, -0.2) is 34.1 Å². The number of likely N-dealkylation sites (tertiary alicyclic amines) is 1. The van der Waals surface area contributed by atoms with Gasteiger partial charge < -0.3 is 10.8 Å². The molecule has 0 spiro atoms. The van der Waals surface area contributed by atoms with Crippen LogP contribution in [0.25, 0.3) is 10.9 Å². The molecule has 1 aromatic carbocycles. The summed E-state index contributed by atoms with van der Waals surface area (Å²) in [7, 11) is 0. The van der Waals surface area contributed by atoms with Gasteiger partial charge in [-0.2, -0.15) is 0 Å². The summed E-state index contributed by atoms with van der Waals surface area (Å²) in [5.41, 5.74) is 8.60. The minimum Gasteiger partial charge on any atom is -0.508 e. The van der Waals surface area contributed by atoms with E-state index in [4.69, 9.17) is 5.73 Å². The van der Waals surface area contributed by atoms with Crippen LogP contribution in [0.3, 0.4) is 0 Å². The van der Waals surface area contributed by atoms with Crippen LogP contribution in [0.15, 0.2) is 30.5 Å². The number of phenols is 1. The molecule has 0 aliphatic carbocycles. The van der Waals surface area contributed by atoms with Gasteiger partial charge in [-0.25, -0.2) is 0 Å². The van der Waals surface area contributed by atoms with Crippen LogP contribution in [0.5, 0.6) is 5.75 Å². The van der Waals surface area contributed by atoms with Gasteiger partial charge in [0.2, 0.25) is 0 Å². The van der Waals surface area contributed by atoms with E-state index in [-0.39, 0.29) is 17.8 Å². The maximum Gasteiger partial charge on any atom is 0.116 e. The standard InChI is InChI=1S/C20H29N3O/c1-4-15-12-23(10-8-13(15)2)14(3)20(21)17-7-9-22-19-6-5-16(24)11-18(17)19/h5-7,9,11,13-15,20,24H,4,8,10,12,21H2,1-3H3/t13?,14?,15?,20-/m0/s1. The van der Waals surface area contributed by atoms with Crippen LogP contribution in [-0.2, 0) is 0 Å². The Kier molecular flexibility index (Phi) is 5.07. The first-order valence-corrected chi connectivity index (χ1v) is 9.08. The SMILES string of the molecule is CCC1CN(C(C)[C@H](N)c2ccnc3ccc(O)cc23)CCC1C. The van der Waals surface area contributed by atoms with Gasteiger partial charge >= 0.3 is 0 Å². The van der Waals surface area contributed by atoms with Gasteiger partial charge in [-0.3, -0.25) is 9.88 Å². The van der Waals surface area contributed by atoms with E-state index in [9.17, 15) is 5.11 Å². The number of rotatable bonds is 4. The molecular formula is C20H29N3O. The third-order valence-corrected chi connectivity index (χ3v) is 5.88. The lowest BCUT2D eigenvalue weighted by Gasteiger charge is -2.42. The number of pyridine rings is 1. The Hall–Kier alpha value is -1.65. The van der Waals surface area contributed by atoms with Crippen LogP contribution in [0.1, 0.15) is 45.2 Å². The molecule has 0 bridgehead atoms. The second kappa shape index (κ2) is 7.08. The van der Waals surface area contributed by atoms with Crippen LogP contribution in [0.2, 0.25) is 0 Å². The summed E-state index contributed by atoms with van der Waals surface area (Å²) in [4.78, 5) is 6.93. The molecule has 1 aliphatic rings. The van der Waals surface area contributed by atoms with Crippen molar-refractivity contribution in [3.63, 3.8) is 0 Å². The number of nitrogens with zero attached hydrogens (tertiary/aromatic N) is 2. The third-order valence-electron chi connectivity index (χ3n) is 5.88. The van der Waals surface area contributed by atoms with Gasteiger partial charge in [0.1, 0.15) is 5.75 Å². The second-order valence-electron chi connectivity index (χ2n) is 7.30. The molecule has 130 valence electrons. The van der Waals surface area contributed by atoms with Crippen LogP contribution < -0.4 is 5.73 Å². The predicted molar refractivity (Wildman–Crippen MR) is 98.9 cm³/mol. The molecule has 1 fully saturated rings. The Morgan fingerprint density at radius 3 is 2.92 bits per heavy atom. The fraction of sp³-hybridized carbons (Fsp3) is 0.550. The number of aromatic nitrogens is 1. The van der Waals surface area contributed by atoms with E-state index in [2.05, 4.69) is 30.7 Å². The average molecular weight is 327 g/mol. The summed E-state index contributed by atoms with van der Waals surface area (Å²) in [5.74, 6) is 1.81. The van der Waals surface area contributed by atoms with E-state index in [1.807, 2.05) is 18.3 Å². The van der Waals surface area contributed by atoms with Gasteiger partial charge in [0, 0.05) is 30.2 Å². The molecule has 4 heteroatoms. The molecule has 0 radical (unpaired) electrons. The fourth-order valence-electron chi connectivity index (χ4n) is 4.01. The lowest BCUT2D eigenvalue weighted by atomic mass is 9.84. The van der Waals surface area contributed by atoms with E-state index >= 15 is 0 Å². The smallest absolute Gasteiger partial charge is 0.116 e. The summed E-state index contributed by atoms with van der Waals surface area (Å²) >= 11 is 0. The molecule has 3 rings (SSSR count). The summed E-state index contributed by atoms with van der Waals surface area (Å²) in [6, 6.07) is 7.46. The fourth-order valence-corrected chi connectivity index (χ4v) is 4.01. The van der Waals surface area contributed by atoms with Gasteiger partial charge in [-0.05, 0) is 61.6 Å². The van der Waals surface area contributed by atoms with Crippen molar-refractivity contribution < 1.29 is 5.11 Å². The first kappa shape index (κ1) is 17.2. The zero-order valence-corrected chi connectivity index (χ0v) is 14.9. The van der Waals surface area contributed by atoms with Gasteiger partial charge in [0.25, 0.3) is 0 Å². The zero-order valence-electron chi connectivity index (χ0n) is 14.9. The van der Waals surface area contributed by atoms with E-state index in [1.54, 1.807) is 12.1 Å². The van der Waals surface area contributed by atoms with Gasteiger partial charge in [0.05, 0.1) is 5.52 Å². The first-order valence-electron chi connectivity index (χ1n) is 9.08. The number of hydrogen-bond donors (Lipinski definition) is 2. The van der Waals surface area contributed by atoms with E-state index in [0.29, 0.717) is 0 Å². The number of piperidine rings is 1. The normalized spacial score (nSPS) is 24.8. The van der Waals surface area contributed by atoms with Gasteiger partial charge in [-0.15, -0.1) is 0 Å². The van der Waals surface area contributed by atoms with Crippen molar-refractivity contribution in [2.24, 2.45) is 17.6 Å². The number of hydrogen-bond acceptors (Lipinski definition) is 4. The van der Waals surface area contributed by atoms with Crippen molar-refractivity contribution in [3.8, 4) is 5.75 Å². The predicted octanol–water partition coefficient (Wildman–Crippen LogP) is 3.70. The van der Waals surface area contributed by atoms with Crippen molar-refractivity contribution in [1.82, 2.24) is 9.88 Å². The molecular weight excluding hydrogens is 298 g/mol. The third kappa shape index (κ3) is 3.26. The molecule has 1 aromatic heterocycles. The quantitative estimate of drug-likeness (QED) is 0.899. The molecule has 4 nitrogen and oxygen atoms in total. The summed E-state index contributed by atoms with van der Waals surface area (Å²) in [6.07, 6.45) is 4.29. The van der Waals surface area contributed by atoms with Crippen LogP contribution in [0, 0.1) is 11.8 Å². The minimum atomic E-state index is -0.0942. The summed E-state index contributed by atoms with van der Waals surface area (Å²) in [6.45, 7) is 9.12. The number of nitrogens with two attached hydrogens (primary N) is 1. The van der Waals surface area contributed by atoms with Crippen molar-refractivity contribution in [2.75, 3.05) is 13.1 Å². The van der Waals surface area contributed by atoms with E-state index < -0.39 is 0 Å². The lowest BCUT2D eigenvalue weighted by Crippen LogP contribution is -2.48. The highest BCUT2D eigenvalue weighted by Gasteiger charge is 2.30. The highest BCUT2D eigenvalue weighted by Crippen LogP contribution is 2.32. The lowest BCUT2D eigenvalue weighted by molar-refractivity contribution is 0.0813. The monoisotopic (exact) mass is 327 g/mol. The molecule has 24 heavy (non-hydrogen) atoms. The highest BCUT2D eigenvalue weighted by molar-refractivity contribution is 5.83. The average Bonchev–Trinajstić information content (AvgIpc) is 2.60. The van der Waals surface area contributed by atoms with Crippen molar-refractivity contribution >= 4 is 10.9 Å². The number of fused-ring (bicyclic) bond motifs is 1. The van der Waals surface area contributed by atoms with Gasteiger partial charge in [0.15, 0.2) is 0 Å². The van der Waals surface area contributed by atoms with Crippen molar-refractivity contribution in [3.05, 3.63) is 36.0 Å². The Balaban J connectivity index is 1.86. The molecule has 1 aliphatic heterocycles. The highest BCUT2D eigenvalue weighted by atomic mass is 16.3. The molecule has 0 saturated carbocycles. The second-order valence-corrected chi connectivity index (χ2v) is 7.30. The molecule has 3 N–H and O–H groups in total. The number of phenolic OH excluding ortho intramolecular Hbond substituents is 1. The topological polar surface area (TPSA) is 62.4 Å².